The quantitative estimate of drug-likeness (QED) is 0.468. The lowest BCUT2D eigenvalue weighted by Crippen LogP contribution is -2.46. The van der Waals surface area contributed by atoms with Crippen molar-refractivity contribution in [2.75, 3.05) is 41.1 Å². The van der Waals surface area contributed by atoms with Crippen LogP contribution in [0.4, 0.5) is 0 Å². The van der Waals surface area contributed by atoms with E-state index in [0.29, 0.717) is 30.3 Å². The van der Waals surface area contributed by atoms with Crippen LogP contribution in [0.5, 0.6) is 17.2 Å². The molecule has 36 heavy (non-hydrogen) atoms. The Bertz CT molecular complexity index is 1230. The lowest BCUT2D eigenvalue weighted by atomic mass is 9.96. The molecule has 2 N–H and O–H groups in total. The number of benzene rings is 3. The zero-order chi connectivity index (χ0) is 25.7. The minimum absolute atomic E-state index is 0.00453. The first kappa shape index (κ1) is 25.3. The molecule has 1 aliphatic rings. The third-order valence-corrected chi connectivity index (χ3v) is 6.66. The Morgan fingerprint density at radius 1 is 0.944 bits per heavy atom. The fourth-order valence-electron chi connectivity index (χ4n) is 4.76. The average molecular weight is 493 g/mol. The van der Waals surface area contributed by atoms with Crippen LogP contribution in [0.3, 0.4) is 0 Å². The highest BCUT2D eigenvalue weighted by atomic mass is 16.5. The number of aliphatic hydroxyl groups is 1. The predicted molar refractivity (Wildman–Crippen MR) is 137 cm³/mol. The highest BCUT2D eigenvalue weighted by Crippen LogP contribution is 2.41. The van der Waals surface area contributed by atoms with Crippen molar-refractivity contribution in [3.8, 4) is 28.4 Å². The molecule has 1 heterocycles. The summed E-state index contributed by atoms with van der Waals surface area (Å²) < 4.78 is 16.4. The van der Waals surface area contributed by atoms with Crippen molar-refractivity contribution in [3.05, 3.63) is 54.1 Å². The van der Waals surface area contributed by atoms with E-state index in [0.717, 1.165) is 40.3 Å². The van der Waals surface area contributed by atoms with E-state index in [1.807, 2.05) is 42.5 Å². The zero-order valence-electron chi connectivity index (χ0n) is 20.9. The largest absolute Gasteiger partial charge is 0.493 e. The van der Waals surface area contributed by atoms with Gasteiger partial charge in [0.15, 0.2) is 11.5 Å². The van der Waals surface area contributed by atoms with Crippen molar-refractivity contribution in [2.45, 2.75) is 19.3 Å². The predicted octanol–water partition coefficient (Wildman–Crippen LogP) is 3.38. The SMILES string of the molecule is COc1cc(-c2ccc3cc(CC(=O)N4CCCC(C(=O)NCO)C4)ccc3c2)cc(OC)c1OC. The molecule has 1 atom stereocenters. The van der Waals surface area contributed by atoms with Gasteiger partial charge in [0.05, 0.1) is 33.7 Å². The molecule has 4 rings (SSSR count). The molecule has 0 aromatic heterocycles. The summed E-state index contributed by atoms with van der Waals surface area (Å²) in [6.07, 6.45) is 1.77. The molecule has 1 saturated heterocycles. The van der Waals surface area contributed by atoms with Gasteiger partial charge in [0, 0.05) is 13.1 Å². The van der Waals surface area contributed by atoms with Crippen LogP contribution in [-0.2, 0) is 16.0 Å². The van der Waals surface area contributed by atoms with Gasteiger partial charge in [-0.15, -0.1) is 0 Å². The van der Waals surface area contributed by atoms with E-state index in [4.69, 9.17) is 19.3 Å². The van der Waals surface area contributed by atoms with Gasteiger partial charge in [0.2, 0.25) is 17.6 Å². The van der Waals surface area contributed by atoms with E-state index in [2.05, 4.69) is 11.4 Å². The van der Waals surface area contributed by atoms with Crippen LogP contribution in [0, 0.1) is 5.92 Å². The van der Waals surface area contributed by atoms with Crippen LogP contribution in [0.1, 0.15) is 18.4 Å². The van der Waals surface area contributed by atoms with E-state index >= 15 is 0 Å². The Balaban J connectivity index is 1.52. The number of nitrogens with zero attached hydrogens (tertiary/aromatic N) is 1. The fourth-order valence-corrected chi connectivity index (χ4v) is 4.76. The van der Waals surface area contributed by atoms with Crippen LogP contribution in [-0.4, -0.2) is 63.0 Å². The lowest BCUT2D eigenvalue weighted by Gasteiger charge is -2.32. The Hall–Kier alpha value is -3.78. The average Bonchev–Trinajstić information content (AvgIpc) is 2.92. The van der Waals surface area contributed by atoms with Gasteiger partial charge in [-0.25, -0.2) is 0 Å². The molecule has 0 saturated carbocycles. The van der Waals surface area contributed by atoms with Crippen LogP contribution >= 0.6 is 0 Å². The van der Waals surface area contributed by atoms with E-state index in [1.54, 1.807) is 26.2 Å². The number of aliphatic hydroxyl groups excluding tert-OH is 1. The van der Waals surface area contributed by atoms with Gasteiger partial charge >= 0.3 is 0 Å². The number of rotatable bonds is 8. The molecule has 3 aromatic carbocycles. The number of nitrogens with one attached hydrogen (secondary N) is 1. The first-order valence-corrected chi connectivity index (χ1v) is 12.0. The molecule has 0 bridgehead atoms. The van der Waals surface area contributed by atoms with Crippen molar-refractivity contribution in [3.63, 3.8) is 0 Å². The minimum atomic E-state index is -0.387. The summed E-state index contributed by atoms with van der Waals surface area (Å²) in [6, 6.07) is 16.0. The monoisotopic (exact) mass is 492 g/mol. The molecule has 0 aliphatic carbocycles. The third kappa shape index (κ3) is 5.39. The van der Waals surface area contributed by atoms with Crippen molar-refractivity contribution < 1.29 is 28.9 Å². The number of carbonyl (C=O) groups excluding carboxylic acids is 2. The molecule has 1 fully saturated rings. The number of carbonyl (C=O) groups is 2. The Labute approximate surface area is 210 Å². The van der Waals surface area contributed by atoms with E-state index in [1.165, 1.54) is 0 Å². The molecule has 190 valence electrons. The second-order valence-electron chi connectivity index (χ2n) is 8.87. The minimum Gasteiger partial charge on any atom is -0.493 e. The number of likely N-dealkylation sites (tertiary alicyclic amines) is 1. The van der Waals surface area contributed by atoms with Gasteiger partial charge in [0.1, 0.15) is 6.73 Å². The highest BCUT2D eigenvalue weighted by molar-refractivity contribution is 5.90. The maximum atomic E-state index is 13.0. The van der Waals surface area contributed by atoms with Gasteiger partial charge in [-0.3, -0.25) is 9.59 Å². The molecule has 8 heteroatoms. The number of amides is 2. The summed E-state index contributed by atoms with van der Waals surface area (Å²) in [5.74, 6) is 1.26. The van der Waals surface area contributed by atoms with Gasteiger partial charge in [0.25, 0.3) is 0 Å². The number of hydrogen-bond acceptors (Lipinski definition) is 6. The molecule has 1 aliphatic heterocycles. The summed E-state index contributed by atoms with van der Waals surface area (Å²) in [7, 11) is 4.77. The fraction of sp³-hybridized carbons (Fsp3) is 0.357. The molecular formula is C28H32N2O6. The topological polar surface area (TPSA) is 97.3 Å². The maximum absolute atomic E-state index is 13.0. The number of methoxy groups -OCH3 is 3. The van der Waals surface area contributed by atoms with Crippen LogP contribution in [0.25, 0.3) is 21.9 Å². The molecule has 2 amide bonds. The van der Waals surface area contributed by atoms with Crippen molar-refractivity contribution in [1.29, 1.82) is 0 Å². The second-order valence-corrected chi connectivity index (χ2v) is 8.87. The molecule has 0 spiro atoms. The number of ether oxygens (including phenoxy) is 3. The lowest BCUT2D eigenvalue weighted by molar-refractivity contribution is -0.135. The molecule has 3 aromatic rings. The first-order chi connectivity index (χ1) is 17.5. The summed E-state index contributed by atoms with van der Waals surface area (Å²) in [5, 5.41) is 13.5. The first-order valence-electron chi connectivity index (χ1n) is 12.0. The summed E-state index contributed by atoms with van der Waals surface area (Å²) in [4.78, 5) is 26.8. The molecule has 1 unspecified atom stereocenters. The van der Waals surface area contributed by atoms with Crippen LogP contribution < -0.4 is 19.5 Å². The summed E-state index contributed by atoms with van der Waals surface area (Å²) >= 11 is 0. The van der Waals surface area contributed by atoms with Crippen LogP contribution in [0.15, 0.2) is 48.5 Å². The second kappa shape index (κ2) is 11.3. The third-order valence-electron chi connectivity index (χ3n) is 6.66. The van der Waals surface area contributed by atoms with Gasteiger partial charge in [-0.2, -0.15) is 0 Å². The molecule has 0 radical (unpaired) electrons. The van der Waals surface area contributed by atoms with Gasteiger partial charge < -0.3 is 29.5 Å². The van der Waals surface area contributed by atoms with E-state index in [-0.39, 0.29) is 30.9 Å². The number of piperidine rings is 1. The van der Waals surface area contributed by atoms with Crippen molar-refractivity contribution in [2.24, 2.45) is 5.92 Å². The van der Waals surface area contributed by atoms with E-state index in [9.17, 15) is 9.59 Å². The van der Waals surface area contributed by atoms with E-state index < -0.39 is 0 Å². The maximum Gasteiger partial charge on any atom is 0.227 e. The van der Waals surface area contributed by atoms with Crippen LogP contribution in [0.2, 0.25) is 0 Å². The summed E-state index contributed by atoms with van der Waals surface area (Å²) in [5.41, 5.74) is 2.87. The number of hydrogen-bond donors (Lipinski definition) is 2. The van der Waals surface area contributed by atoms with Gasteiger partial charge in [-0.05, 0) is 58.5 Å². The normalized spacial score (nSPS) is 15.4. The standard InChI is InChI=1S/C28H32N2O6/c1-34-24-14-23(15-25(35-2)27(24)36-3)21-9-8-19-11-18(6-7-20(19)13-21)12-26(32)30-10-4-5-22(16-30)28(33)29-17-31/h6-9,11,13-15,22,31H,4-5,10,12,16-17H2,1-3H3,(H,29,33). The van der Waals surface area contributed by atoms with Crippen molar-refractivity contribution >= 4 is 22.6 Å². The Kier molecular flexibility index (Phi) is 7.95. The highest BCUT2D eigenvalue weighted by Gasteiger charge is 2.28. The van der Waals surface area contributed by atoms with Crippen molar-refractivity contribution in [1.82, 2.24) is 10.2 Å². The summed E-state index contributed by atoms with van der Waals surface area (Å²) in [6.45, 7) is 0.644. The number of fused-ring (bicyclic) bond motifs is 1. The molecule has 8 nitrogen and oxygen atoms in total. The smallest absolute Gasteiger partial charge is 0.227 e. The van der Waals surface area contributed by atoms with Gasteiger partial charge in [-0.1, -0.05) is 30.3 Å². The molecular weight excluding hydrogens is 460 g/mol. The zero-order valence-corrected chi connectivity index (χ0v) is 20.9. The Morgan fingerprint density at radius 2 is 1.64 bits per heavy atom. The Morgan fingerprint density at radius 3 is 2.31 bits per heavy atom.